The number of benzene rings is 2. The summed E-state index contributed by atoms with van der Waals surface area (Å²) in [5.41, 5.74) is 1.89. The zero-order valence-electron chi connectivity index (χ0n) is 11.6. The largest absolute Gasteiger partial charge is 0.486 e. The van der Waals surface area contributed by atoms with Crippen LogP contribution in [0.4, 0.5) is 5.69 Å². The molecule has 3 aromatic rings. The lowest BCUT2D eigenvalue weighted by Crippen LogP contribution is -2.02. The summed E-state index contributed by atoms with van der Waals surface area (Å²) in [4.78, 5) is 18.1. The van der Waals surface area contributed by atoms with E-state index in [0.717, 1.165) is 16.2 Å². The van der Waals surface area contributed by atoms with Crippen molar-refractivity contribution in [2.24, 2.45) is 0 Å². The second-order valence-electron chi connectivity index (χ2n) is 4.48. The number of para-hydroxylation sites is 4. The van der Waals surface area contributed by atoms with Crippen molar-refractivity contribution in [1.82, 2.24) is 9.97 Å². The SMILES string of the molecule is O=[N+]([O-])c1ccccc1OCCSc1nc2ccccc2[nH]1. The number of nitro benzene ring substituents is 1. The minimum Gasteiger partial charge on any atom is -0.486 e. The van der Waals surface area contributed by atoms with Crippen LogP contribution in [0.2, 0.25) is 0 Å². The number of fused-ring (bicyclic) bond motifs is 1. The van der Waals surface area contributed by atoms with Gasteiger partial charge in [-0.05, 0) is 18.2 Å². The Morgan fingerprint density at radius 1 is 1.18 bits per heavy atom. The van der Waals surface area contributed by atoms with E-state index in [1.807, 2.05) is 24.3 Å². The number of rotatable bonds is 6. The third-order valence-electron chi connectivity index (χ3n) is 3.01. The average molecular weight is 315 g/mol. The lowest BCUT2D eigenvalue weighted by Gasteiger charge is -2.05. The fraction of sp³-hybridized carbons (Fsp3) is 0.133. The molecular weight excluding hydrogens is 302 g/mol. The molecule has 0 amide bonds. The number of nitrogens with zero attached hydrogens (tertiary/aromatic N) is 2. The van der Waals surface area contributed by atoms with Crippen molar-refractivity contribution in [3.8, 4) is 5.75 Å². The fourth-order valence-corrected chi connectivity index (χ4v) is 2.72. The molecule has 1 heterocycles. The van der Waals surface area contributed by atoms with E-state index in [4.69, 9.17) is 4.74 Å². The topological polar surface area (TPSA) is 81.1 Å². The number of imidazole rings is 1. The van der Waals surface area contributed by atoms with Crippen molar-refractivity contribution in [2.75, 3.05) is 12.4 Å². The molecule has 1 N–H and O–H groups in total. The molecule has 2 aromatic carbocycles. The molecule has 0 saturated heterocycles. The molecular formula is C15H13N3O3S. The van der Waals surface area contributed by atoms with Gasteiger partial charge in [-0.25, -0.2) is 4.98 Å². The first kappa shape index (κ1) is 14.4. The standard InChI is InChI=1S/C15H13N3O3S/c19-18(20)13-7-3-4-8-14(13)21-9-10-22-15-16-11-5-1-2-6-12(11)17-15/h1-8H,9-10H2,(H,16,17). The van der Waals surface area contributed by atoms with Gasteiger partial charge in [-0.2, -0.15) is 0 Å². The van der Waals surface area contributed by atoms with Crippen LogP contribution >= 0.6 is 11.8 Å². The molecule has 112 valence electrons. The Balaban J connectivity index is 1.56. The number of hydrogen-bond donors (Lipinski definition) is 1. The summed E-state index contributed by atoms with van der Waals surface area (Å²) >= 11 is 1.52. The van der Waals surface area contributed by atoms with Crippen LogP contribution < -0.4 is 4.74 Å². The van der Waals surface area contributed by atoms with Crippen molar-refractivity contribution in [2.45, 2.75) is 5.16 Å². The van der Waals surface area contributed by atoms with Crippen LogP contribution in [-0.4, -0.2) is 27.3 Å². The quantitative estimate of drug-likeness (QED) is 0.325. The van der Waals surface area contributed by atoms with Crippen LogP contribution in [0.3, 0.4) is 0 Å². The predicted octanol–water partition coefficient (Wildman–Crippen LogP) is 3.64. The van der Waals surface area contributed by atoms with Crippen molar-refractivity contribution in [3.63, 3.8) is 0 Å². The molecule has 0 saturated carbocycles. The van der Waals surface area contributed by atoms with Gasteiger partial charge in [0, 0.05) is 11.8 Å². The van der Waals surface area contributed by atoms with Gasteiger partial charge in [0.1, 0.15) is 0 Å². The summed E-state index contributed by atoms with van der Waals surface area (Å²) in [5.74, 6) is 0.934. The highest BCUT2D eigenvalue weighted by Gasteiger charge is 2.13. The molecule has 0 fully saturated rings. The first-order chi connectivity index (χ1) is 10.7. The van der Waals surface area contributed by atoms with E-state index in [1.165, 1.54) is 17.8 Å². The number of aromatic amines is 1. The molecule has 0 aliphatic carbocycles. The summed E-state index contributed by atoms with van der Waals surface area (Å²) in [6, 6.07) is 14.2. The Labute approximate surface area is 130 Å². The molecule has 0 aliphatic heterocycles. The normalized spacial score (nSPS) is 10.7. The number of ether oxygens (including phenoxy) is 1. The van der Waals surface area contributed by atoms with Crippen molar-refractivity contribution < 1.29 is 9.66 Å². The van der Waals surface area contributed by atoms with Gasteiger partial charge in [-0.15, -0.1) is 0 Å². The van der Waals surface area contributed by atoms with Crippen LogP contribution in [-0.2, 0) is 0 Å². The number of hydrogen-bond acceptors (Lipinski definition) is 5. The maximum absolute atomic E-state index is 10.9. The molecule has 0 radical (unpaired) electrons. The summed E-state index contributed by atoms with van der Waals surface area (Å²) < 4.78 is 5.49. The van der Waals surface area contributed by atoms with E-state index >= 15 is 0 Å². The molecule has 7 heteroatoms. The lowest BCUT2D eigenvalue weighted by atomic mass is 10.3. The van der Waals surface area contributed by atoms with E-state index in [0.29, 0.717) is 12.4 Å². The molecule has 0 unspecified atom stereocenters. The van der Waals surface area contributed by atoms with Crippen LogP contribution in [0, 0.1) is 10.1 Å². The van der Waals surface area contributed by atoms with E-state index in [-0.39, 0.29) is 11.4 Å². The van der Waals surface area contributed by atoms with Crippen LogP contribution in [0.1, 0.15) is 0 Å². The first-order valence-electron chi connectivity index (χ1n) is 6.68. The number of H-pyrrole nitrogens is 1. The number of thioether (sulfide) groups is 1. The van der Waals surface area contributed by atoms with Gasteiger partial charge in [0.25, 0.3) is 0 Å². The third-order valence-corrected chi connectivity index (χ3v) is 3.85. The molecule has 0 aliphatic rings. The van der Waals surface area contributed by atoms with Gasteiger partial charge >= 0.3 is 5.69 Å². The highest BCUT2D eigenvalue weighted by molar-refractivity contribution is 7.99. The maximum Gasteiger partial charge on any atom is 0.310 e. The Bertz CT molecular complexity index is 770. The first-order valence-corrected chi connectivity index (χ1v) is 7.66. The van der Waals surface area contributed by atoms with Gasteiger partial charge in [0.2, 0.25) is 0 Å². The lowest BCUT2D eigenvalue weighted by molar-refractivity contribution is -0.385. The van der Waals surface area contributed by atoms with Crippen LogP contribution in [0.25, 0.3) is 11.0 Å². The van der Waals surface area contributed by atoms with Crippen LogP contribution in [0.5, 0.6) is 5.75 Å². The van der Waals surface area contributed by atoms with Crippen LogP contribution in [0.15, 0.2) is 53.7 Å². The van der Waals surface area contributed by atoms with Gasteiger partial charge in [-0.3, -0.25) is 10.1 Å². The molecule has 0 bridgehead atoms. The Hall–Kier alpha value is -2.54. The fourth-order valence-electron chi connectivity index (χ4n) is 2.02. The van der Waals surface area contributed by atoms with E-state index in [9.17, 15) is 10.1 Å². The number of nitrogens with one attached hydrogen (secondary N) is 1. The number of aromatic nitrogens is 2. The second-order valence-corrected chi connectivity index (χ2v) is 5.56. The van der Waals surface area contributed by atoms with E-state index in [1.54, 1.807) is 18.2 Å². The second kappa shape index (κ2) is 6.48. The minimum absolute atomic E-state index is 0.0174. The average Bonchev–Trinajstić information content (AvgIpc) is 2.94. The van der Waals surface area contributed by atoms with Gasteiger partial charge in [-0.1, -0.05) is 36.0 Å². The zero-order valence-corrected chi connectivity index (χ0v) is 12.4. The van der Waals surface area contributed by atoms with Crippen molar-refractivity contribution >= 4 is 28.5 Å². The van der Waals surface area contributed by atoms with Gasteiger partial charge in [0.15, 0.2) is 10.9 Å². The summed E-state index contributed by atoms with van der Waals surface area (Å²) in [7, 11) is 0. The van der Waals surface area contributed by atoms with Crippen molar-refractivity contribution in [1.29, 1.82) is 0 Å². The number of nitro groups is 1. The predicted molar refractivity (Wildman–Crippen MR) is 85.4 cm³/mol. The van der Waals surface area contributed by atoms with Gasteiger partial charge < -0.3 is 9.72 Å². The van der Waals surface area contributed by atoms with Gasteiger partial charge in [0.05, 0.1) is 22.6 Å². The summed E-state index contributed by atoms with van der Waals surface area (Å²) in [6.07, 6.45) is 0. The Kier molecular flexibility index (Phi) is 4.24. The molecule has 3 rings (SSSR count). The molecule has 0 atom stereocenters. The highest BCUT2D eigenvalue weighted by atomic mass is 32.2. The van der Waals surface area contributed by atoms with E-state index < -0.39 is 4.92 Å². The molecule has 0 spiro atoms. The third kappa shape index (κ3) is 3.20. The molecule has 1 aromatic heterocycles. The van der Waals surface area contributed by atoms with E-state index in [2.05, 4.69) is 9.97 Å². The maximum atomic E-state index is 10.9. The molecule has 6 nitrogen and oxygen atoms in total. The molecule has 22 heavy (non-hydrogen) atoms. The minimum atomic E-state index is -0.443. The highest BCUT2D eigenvalue weighted by Crippen LogP contribution is 2.26. The summed E-state index contributed by atoms with van der Waals surface area (Å²) in [5, 5.41) is 11.7. The zero-order chi connectivity index (χ0) is 15.4. The Morgan fingerprint density at radius 2 is 1.95 bits per heavy atom. The smallest absolute Gasteiger partial charge is 0.310 e. The van der Waals surface area contributed by atoms with Crippen molar-refractivity contribution in [3.05, 3.63) is 58.6 Å². The summed E-state index contributed by atoms with van der Waals surface area (Å²) in [6.45, 7) is 0.368. The monoisotopic (exact) mass is 315 g/mol. The Morgan fingerprint density at radius 3 is 2.77 bits per heavy atom.